The molecule has 2 heterocycles. The molecule has 0 aliphatic heterocycles. The Balaban J connectivity index is 1.73. The largest absolute Gasteiger partial charge is 0.305 e. The molecular formula is C17H16ClN5OS. The maximum Gasteiger partial charge on any atom is 0.279 e. The van der Waals surface area contributed by atoms with E-state index in [1.165, 1.54) is 10.9 Å². The number of hydrogen-bond acceptors (Lipinski definition) is 5. The van der Waals surface area contributed by atoms with Crippen molar-refractivity contribution >= 4 is 35.1 Å². The molecule has 25 heavy (non-hydrogen) atoms. The zero-order chi connectivity index (χ0) is 17.6. The van der Waals surface area contributed by atoms with Crippen LogP contribution in [-0.4, -0.2) is 31.6 Å². The standard InChI is InChI=1S/C17H16ClN5OS/c1-2-25-11-12-7-8-19-16(9-12)20-17(24)14-10-23(22-21-14)15-6-4-3-5-13(15)18/h3-10H,2,11H2,1H3,(H,19,20,24). The van der Waals surface area contributed by atoms with E-state index in [1.807, 2.05) is 36.0 Å². The smallest absolute Gasteiger partial charge is 0.279 e. The molecule has 8 heteroatoms. The molecule has 0 unspecified atom stereocenters. The molecule has 1 aromatic carbocycles. The minimum absolute atomic E-state index is 0.190. The zero-order valence-corrected chi connectivity index (χ0v) is 15.1. The number of aromatic nitrogens is 4. The summed E-state index contributed by atoms with van der Waals surface area (Å²) in [5, 5.41) is 11.2. The minimum Gasteiger partial charge on any atom is -0.305 e. The van der Waals surface area contributed by atoms with Crippen LogP contribution in [0.5, 0.6) is 0 Å². The van der Waals surface area contributed by atoms with Crippen LogP contribution < -0.4 is 5.32 Å². The fraction of sp³-hybridized carbons (Fsp3) is 0.176. The first kappa shape index (κ1) is 17.4. The average Bonchev–Trinajstić information content (AvgIpc) is 3.11. The van der Waals surface area contributed by atoms with Crippen molar-refractivity contribution in [3.63, 3.8) is 0 Å². The molecule has 0 saturated heterocycles. The van der Waals surface area contributed by atoms with Crippen molar-refractivity contribution < 1.29 is 4.79 Å². The minimum atomic E-state index is -0.369. The van der Waals surface area contributed by atoms with Gasteiger partial charge in [0.1, 0.15) is 5.82 Å². The van der Waals surface area contributed by atoms with Crippen LogP contribution >= 0.6 is 23.4 Å². The van der Waals surface area contributed by atoms with Crippen molar-refractivity contribution in [2.75, 3.05) is 11.1 Å². The van der Waals surface area contributed by atoms with Crippen LogP contribution in [0, 0.1) is 0 Å². The number of thioether (sulfide) groups is 1. The summed E-state index contributed by atoms with van der Waals surface area (Å²) in [4.78, 5) is 16.5. The van der Waals surface area contributed by atoms with Crippen LogP contribution in [0.15, 0.2) is 48.8 Å². The van der Waals surface area contributed by atoms with Crippen LogP contribution in [0.25, 0.3) is 5.69 Å². The van der Waals surface area contributed by atoms with E-state index in [-0.39, 0.29) is 11.6 Å². The first-order valence-electron chi connectivity index (χ1n) is 7.68. The molecular weight excluding hydrogens is 358 g/mol. The Kier molecular flexibility index (Phi) is 5.67. The van der Waals surface area contributed by atoms with Gasteiger partial charge in [0.25, 0.3) is 5.91 Å². The van der Waals surface area contributed by atoms with Gasteiger partial charge in [-0.05, 0) is 35.6 Å². The summed E-state index contributed by atoms with van der Waals surface area (Å²) in [6, 6.07) is 11.0. The van der Waals surface area contributed by atoms with Gasteiger partial charge in [-0.25, -0.2) is 9.67 Å². The molecule has 0 atom stereocenters. The predicted octanol–water partition coefficient (Wildman–Crippen LogP) is 3.82. The Morgan fingerprint density at radius 3 is 2.96 bits per heavy atom. The van der Waals surface area contributed by atoms with E-state index in [2.05, 4.69) is 27.5 Å². The molecule has 0 aliphatic rings. The number of para-hydroxylation sites is 1. The number of pyridine rings is 1. The second-order valence-electron chi connectivity index (χ2n) is 5.14. The van der Waals surface area contributed by atoms with E-state index in [0.29, 0.717) is 16.5 Å². The molecule has 6 nitrogen and oxygen atoms in total. The maximum atomic E-state index is 12.4. The van der Waals surface area contributed by atoms with Crippen molar-refractivity contribution in [3.05, 3.63) is 65.1 Å². The number of nitrogens with one attached hydrogen (secondary N) is 1. The number of carbonyl (C=O) groups excluding carboxylic acids is 1. The Morgan fingerprint density at radius 2 is 2.16 bits per heavy atom. The lowest BCUT2D eigenvalue weighted by Gasteiger charge is -2.05. The van der Waals surface area contributed by atoms with Crippen LogP contribution in [-0.2, 0) is 5.75 Å². The normalized spacial score (nSPS) is 10.6. The predicted molar refractivity (Wildman–Crippen MR) is 100 cm³/mol. The van der Waals surface area contributed by atoms with E-state index in [0.717, 1.165) is 17.1 Å². The van der Waals surface area contributed by atoms with Gasteiger partial charge in [-0.1, -0.05) is 35.9 Å². The fourth-order valence-electron chi connectivity index (χ4n) is 2.16. The summed E-state index contributed by atoms with van der Waals surface area (Å²) in [6.45, 7) is 2.11. The highest BCUT2D eigenvalue weighted by Crippen LogP contribution is 2.19. The van der Waals surface area contributed by atoms with Crippen LogP contribution in [0.3, 0.4) is 0 Å². The molecule has 0 spiro atoms. The summed E-state index contributed by atoms with van der Waals surface area (Å²) in [6.07, 6.45) is 3.22. The quantitative estimate of drug-likeness (QED) is 0.711. The van der Waals surface area contributed by atoms with Gasteiger partial charge in [-0.15, -0.1) is 5.10 Å². The molecule has 0 saturated carbocycles. The van der Waals surface area contributed by atoms with Crippen LogP contribution in [0.1, 0.15) is 23.0 Å². The summed E-state index contributed by atoms with van der Waals surface area (Å²) in [5.74, 6) is 2.04. The number of hydrogen-bond donors (Lipinski definition) is 1. The lowest BCUT2D eigenvalue weighted by molar-refractivity contribution is 0.102. The van der Waals surface area contributed by atoms with E-state index >= 15 is 0 Å². The molecule has 0 fully saturated rings. The highest BCUT2D eigenvalue weighted by Gasteiger charge is 2.13. The second kappa shape index (κ2) is 8.13. The second-order valence-corrected chi connectivity index (χ2v) is 6.82. The molecule has 2 aromatic heterocycles. The summed E-state index contributed by atoms with van der Waals surface area (Å²) < 4.78 is 1.47. The Morgan fingerprint density at radius 1 is 1.32 bits per heavy atom. The lowest BCUT2D eigenvalue weighted by Crippen LogP contribution is -2.13. The number of rotatable bonds is 6. The monoisotopic (exact) mass is 373 g/mol. The third kappa shape index (κ3) is 4.37. The Labute approximate surface area is 154 Å². The molecule has 1 N–H and O–H groups in total. The van der Waals surface area contributed by atoms with Gasteiger partial charge in [-0.3, -0.25) is 4.79 Å². The third-order valence-electron chi connectivity index (χ3n) is 3.36. The van der Waals surface area contributed by atoms with E-state index in [9.17, 15) is 4.79 Å². The lowest BCUT2D eigenvalue weighted by atomic mass is 10.3. The molecule has 1 amide bonds. The molecule has 0 bridgehead atoms. The first-order chi connectivity index (χ1) is 12.2. The molecule has 3 rings (SSSR count). The number of carbonyl (C=O) groups is 1. The maximum absolute atomic E-state index is 12.4. The van der Waals surface area contributed by atoms with E-state index in [4.69, 9.17) is 11.6 Å². The zero-order valence-electron chi connectivity index (χ0n) is 13.5. The van der Waals surface area contributed by atoms with Gasteiger partial charge >= 0.3 is 0 Å². The van der Waals surface area contributed by atoms with Crippen LogP contribution in [0.4, 0.5) is 5.82 Å². The van der Waals surface area contributed by atoms with Crippen molar-refractivity contribution in [1.29, 1.82) is 0 Å². The van der Waals surface area contributed by atoms with Gasteiger partial charge in [0.05, 0.1) is 16.9 Å². The van der Waals surface area contributed by atoms with Gasteiger partial charge in [-0.2, -0.15) is 11.8 Å². The van der Waals surface area contributed by atoms with Crippen molar-refractivity contribution in [2.45, 2.75) is 12.7 Å². The van der Waals surface area contributed by atoms with Gasteiger partial charge in [0.2, 0.25) is 0 Å². The highest BCUT2D eigenvalue weighted by atomic mass is 35.5. The van der Waals surface area contributed by atoms with Crippen molar-refractivity contribution in [3.8, 4) is 5.69 Å². The summed E-state index contributed by atoms with van der Waals surface area (Å²) in [5.41, 5.74) is 1.96. The first-order valence-corrected chi connectivity index (χ1v) is 9.22. The number of benzene rings is 1. The van der Waals surface area contributed by atoms with Gasteiger partial charge in [0.15, 0.2) is 5.69 Å². The molecule has 3 aromatic rings. The van der Waals surface area contributed by atoms with Gasteiger partial charge in [0, 0.05) is 11.9 Å². The average molecular weight is 374 g/mol. The molecule has 128 valence electrons. The molecule has 0 radical (unpaired) electrons. The fourth-order valence-corrected chi connectivity index (χ4v) is 3.00. The Hall–Kier alpha value is -2.38. The van der Waals surface area contributed by atoms with Crippen molar-refractivity contribution in [1.82, 2.24) is 20.0 Å². The van der Waals surface area contributed by atoms with Gasteiger partial charge < -0.3 is 5.32 Å². The topological polar surface area (TPSA) is 72.7 Å². The highest BCUT2D eigenvalue weighted by molar-refractivity contribution is 7.98. The SMILES string of the molecule is CCSCc1ccnc(NC(=O)c2cn(-c3ccccc3Cl)nn2)c1. The summed E-state index contributed by atoms with van der Waals surface area (Å²) in [7, 11) is 0. The van der Waals surface area contributed by atoms with Crippen LogP contribution in [0.2, 0.25) is 5.02 Å². The number of halogens is 1. The van der Waals surface area contributed by atoms with E-state index < -0.39 is 0 Å². The number of amides is 1. The number of nitrogens with zero attached hydrogens (tertiary/aromatic N) is 4. The van der Waals surface area contributed by atoms with E-state index in [1.54, 1.807) is 18.3 Å². The van der Waals surface area contributed by atoms with Crippen molar-refractivity contribution in [2.24, 2.45) is 0 Å². The molecule has 0 aliphatic carbocycles. The third-order valence-corrected chi connectivity index (χ3v) is 4.63. The number of anilines is 1. The Bertz CT molecular complexity index is 883. The summed E-state index contributed by atoms with van der Waals surface area (Å²) >= 11 is 7.94.